The van der Waals surface area contributed by atoms with Crippen molar-refractivity contribution in [3.05, 3.63) is 69.7 Å². The number of amides is 1. The monoisotopic (exact) mass is 428 g/mol. The number of nitrogens with one attached hydrogen (secondary N) is 1. The molecule has 1 amide bonds. The molecule has 142 valence electrons. The summed E-state index contributed by atoms with van der Waals surface area (Å²) >= 11 is 3.46. The Morgan fingerprint density at radius 3 is 2.44 bits per heavy atom. The number of hydrogen-bond acceptors (Lipinski definition) is 4. The lowest BCUT2D eigenvalue weighted by Crippen LogP contribution is -2.48. The first kappa shape index (κ1) is 19.7. The highest BCUT2D eigenvalue weighted by Crippen LogP contribution is 2.13. The summed E-state index contributed by atoms with van der Waals surface area (Å²) in [5.41, 5.74) is 6.18. The number of benzene rings is 2. The maximum Gasteiger partial charge on any atom is 0.254 e. The Bertz CT molecular complexity index is 783. The molecule has 1 N–H and O–H groups in total. The van der Waals surface area contributed by atoms with Crippen LogP contribution in [0.25, 0.3) is 0 Å². The Hall–Kier alpha value is -2.02. The quantitative estimate of drug-likeness (QED) is 0.568. The average Bonchev–Trinajstić information content (AvgIpc) is 2.67. The van der Waals surface area contributed by atoms with Gasteiger partial charge in [0.2, 0.25) is 0 Å². The topological polar surface area (TPSA) is 47.9 Å². The lowest BCUT2D eigenvalue weighted by Gasteiger charge is -2.34. The molecule has 1 aliphatic heterocycles. The number of carbonyl (C=O) groups excluding carboxylic acids is 1. The van der Waals surface area contributed by atoms with Gasteiger partial charge in [-0.15, -0.1) is 0 Å². The van der Waals surface area contributed by atoms with E-state index >= 15 is 0 Å². The van der Waals surface area contributed by atoms with Gasteiger partial charge in [0.05, 0.1) is 12.8 Å². The summed E-state index contributed by atoms with van der Waals surface area (Å²) in [6.07, 6.45) is 1.65. The van der Waals surface area contributed by atoms with E-state index in [0.29, 0.717) is 6.54 Å². The first-order valence-corrected chi connectivity index (χ1v) is 9.96. The molecule has 0 radical (unpaired) electrons. The van der Waals surface area contributed by atoms with Gasteiger partial charge in [0.15, 0.2) is 0 Å². The van der Waals surface area contributed by atoms with Crippen LogP contribution in [0.3, 0.4) is 0 Å². The molecule has 0 spiro atoms. The fourth-order valence-corrected chi connectivity index (χ4v) is 3.44. The van der Waals surface area contributed by atoms with E-state index in [-0.39, 0.29) is 5.91 Å². The number of halogens is 1. The summed E-state index contributed by atoms with van der Waals surface area (Å²) in [7, 11) is 0. The van der Waals surface area contributed by atoms with Crippen molar-refractivity contribution in [2.75, 3.05) is 32.7 Å². The van der Waals surface area contributed by atoms with Gasteiger partial charge in [-0.1, -0.05) is 64.0 Å². The summed E-state index contributed by atoms with van der Waals surface area (Å²) in [5.74, 6) is -0.0784. The third kappa shape index (κ3) is 6.27. The van der Waals surface area contributed by atoms with E-state index in [9.17, 15) is 4.79 Å². The van der Waals surface area contributed by atoms with Crippen LogP contribution in [0.5, 0.6) is 0 Å². The summed E-state index contributed by atoms with van der Waals surface area (Å²) < 4.78 is 0.952. The number of hydrogen-bond donors (Lipinski definition) is 1. The van der Waals surface area contributed by atoms with Crippen molar-refractivity contribution in [2.45, 2.75) is 13.5 Å². The largest absolute Gasteiger partial charge is 0.297 e. The normalized spacial score (nSPS) is 15.9. The molecule has 5 nitrogen and oxygen atoms in total. The van der Waals surface area contributed by atoms with Crippen molar-refractivity contribution in [1.29, 1.82) is 0 Å². The lowest BCUT2D eigenvalue weighted by molar-refractivity contribution is -0.122. The van der Waals surface area contributed by atoms with Crippen LogP contribution in [0.2, 0.25) is 0 Å². The molecule has 2 aromatic carbocycles. The third-order valence-corrected chi connectivity index (χ3v) is 5.38. The average molecular weight is 429 g/mol. The second kappa shape index (κ2) is 9.78. The van der Waals surface area contributed by atoms with E-state index in [1.54, 1.807) is 6.21 Å². The Labute approximate surface area is 169 Å². The van der Waals surface area contributed by atoms with Crippen molar-refractivity contribution >= 4 is 28.1 Å². The molecule has 1 saturated heterocycles. The Morgan fingerprint density at radius 1 is 1.07 bits per heavy atom. The van der Waals surface area contributed by atoms with Gasteiger partial charge >= 0.3 is 0 Å². The number of nitrogens with zero attached hydrogens (tertiary/aromatic N) is 3. The maximum absolute atomic E-state index is 12.1. The van der Waals surface area contributed by atoms with Gasteiger partial charge in [-0.05, 0) is 18.6 Å². The number of aryl methyl sites for hydroxylation is 1. The molecule has 3 rings (SSSR count). The van der Waals surface area contributed by atoms with Gasteiger partial charge < -0.3 is 0 Å². The summed E-state index contributed by atoms with van der Waals surface area (Å²) in [6, 6.07) is 16.5. The van der Waals surface area contributed by atoms with E-state index in [1.807, 2.05) is 24.3 Å². The van der Waals surface area contributed by atoms with E-state index in [2.05, 4.69) is 67.4 Å². The molecular formula is C21H25BrN4O. The molecule has 2 aromatic rings. The van der Waals surface area contributed by atoms with Crippen LogP contribution in [0, 0.1) is 6.92 Å². The van der Waals surface area contributed by atoms with Crippen molar-refractivity contribution in [3.63, 3.8) is 0 Å². The Kier molecular flexibility index (Phi) is 7.15. The number of carbonyl (C=O) groups is 1. The molecule has 0 aliphatic carbocycles. The summed E-state index contributed by atoms with van der Waals surface area (Å²) in [4.78, 5) is 16.7. The van der Waals surface area contributed by atoms with Gasteiger partial charge in [0.25, 0.3) is 5.91 Å². The first-order chi connectivity index (χ1) is 13.1. The second-order valence-corrected chi connectivity index (χ2v) is 7.71. The molecule has 0 saturated carbocycles. The molecule has 0 aromatic heterocycles. The molecule has 1 heterocycles. The molecule has 0 bridgehead atoms. The molecule has 1 fully saturated rings. The minimum Gasteiger partial charge on any atom is -0.297 e. The molecule has 0 unspecified atom stereocenters. The highest BCUT2D eigenvalue weighted by Gasteiger charge is 2.18. The van der Waals surface area contributed by atoms with Crippen LogP contribution in [-0.2, 0) is 11.3 Å². The minimum absolute atomic E-state index is 0.0784. The second-order valence-electron chi connectivity index (χ2n) is 6.85. The molecular weight excluding hydrogens is 404 g/mol. The fraction of sp³-hybridized carbons (Fsp3) is 0.333. The van der Waals surface area contributed by atoms with Gasteiger partial charge in [-0.2, -0.15) is 5.10 Å². The zero-order valence-electron chi connectivity index (χ0n) is 15.6. The van der Waals surface area contributed by atoms with Gasteiger partial charge in [0.1, 0.15) is 0 Å². The molecule has 27 heavy (non-hydrogen) atoms. The fourth-order valence-electron chi connectivity index (χ4n) is 3.05. The Morgan fingerprint density at radius 2 is 1.74 bits per heavy atom. The highest BCUT2D eigenvalue weighted by atomic mass is 79.9. The standard InChI is InChI=1S/C21H25BrN4O/c1-17-6-8-18(9-7-17)15-25-10-12-26(13-11-25)16-21(27)24-23-14-19-4-2-3-5-20(19)22/h2-9,14H,10-13,15-16H2,1H3,(H,24,27)/b23-14+. The van der Waals surface area contributed by atoms with Crippen molar-refractivity contribution < 1.29 is 4.79 Å². The molecule has 6 heteroatoms. The summed E-state index contributed by atoms with van der Waals surface area (Å²) in [6.45, 7) is 7.20. The number of piperazine rings is 1. The van der Waals surface area contributed by atoms with Crippen LogP contribution < -0.4 is 5.43 Å². The van der Waals surface area contributed by atoms with Crippen molar-refractivity contribution in [1.82, 2.24) is 15.2 Å². The van der Waals surface area contributed by atoms with E-state index < -0.39 is 0 Å². The zero-order valence-corrected chi connectivity index (χ0v) is 17.2. The number of rotatable bonds is 6. The molecule has 0 atom stereocenters. The zero-order chi connectivity index (χ0) is 19.1. The lowest BCUT2D eigenvalue weighted by atomic mass is 10.1. The number of hydrazone groups is 1. The smallest absolute Gasteiger partial charge is 0.254 e. The van der Waals surface area contributed by atoms with Gasteiger partial charge in [0, 0.05) is 42.8 Å². The van der Waals surface area contributed by atoms with Crippen LogP contribution in [-0.4, -0.2) is 54.6 Å². The van der Waals surface area contributed by atoms with Crippen LogP contribution >= 0.6 is 15.9 Å². The first-order valence-electron chi connectivity index (χ1n) is 9.17. The van der Waals surface area contributed by atoms with Crippen molar-refractivity contribution in [2.24, 2.45) is 5.10 Å². The van der Waals surface area contributed by atoms with Gasteiger partial charge in [-0.25, -0.2) is 5.43 Å². The highest BCUT2D eigenvalue weighted by molar-refractivity contribution is 9.10. The van der Waals surface area contributed by atoms with E-state index in [4.69, 9.17) is 0 Å². The van der Waals surface area contributed by atoms with Crippen LogP contribution in [0.1, 0.15) is 16.7 Å². The minimum atomic E-state index is -0.0784. The Balaban J connectivity index is 1.39. The molecule has 1 aliphatic rings. The van der Waals surface area contributed by atoms with E-state index in [0.717, 1.165) is 42.8 Å². The summed E-state index contributed by atoms with van der Waals surface area (Å²) in [5, 5.41) is 4.05. The SMILES string of the molecule is Cc1ccc(CN2CCN(CC(=O)N/N=C/c3ccccc3Br)CC2)cc1. The maximum atomic E-state index is 12.1. The van der Waals surface area contributed by atoms with Crippen LogP contribution in [0.15, 0.2) is 58.1 Å². The van der Waals surface area contributed by atoms with Crippen molar-refractivity contribution in [3.8, 4) is 0 Å². The third-order valence-electron chi connectivity index (χ3n) is 4.66. The van der Waals surface area contributed by atoms with E-state index in [1.165, 1.54) is 11.1 Å². The van der Waals surface area contributed by atoms with Crippen LogP contribution in [0.4, 0.5) is 0 Å². The van der Waals surface area contributed by atoms with Gasteiger partial charge in [-0.3, -0.25) is 14.6 Å². The predicted octanol–water partition coefficient (Wildman–Crippen LogP) is 3.03. The predicted molar refractivity (Wildman–Crippen MR) is 113 cm³/mol.